The van der Waals surface area contributed by atoms with Crippen molar-refractivity contribution in [1.29, 1.82) is 0 Å². The van der Waals surface area contributed by atoms with Crippen molar-refractivity contribution in [3.63, 3.8) is 0 Å². The maximum absolute atomic E-state index is 9.21. The summed E-state index contributed by atoms with van der Waals surface area (Å²) in [6.45, 7) is 0.542. The van der Waals surface area contributed by atoms with Crippen LogP contribution in [0.5, 0.6) is 0 Å². The van der Waals surface area contributed by atoms with Crippen molar-refractivity contribution < 1.29 is 4.92 Å². The number of terminal acetylenes is 1. The number of nitrogens with zero attached hydrogens (tertiary/aromatic N) is 1. The van der Waals surface area contributed by atoms with Crippen molar-refractivity contribution in [3.05, 3.63) is 16.7 Å². The first-order valence-electron chi connectivity index (χ1n) is 1.20. The zero-order valence-corrected chi connectivity index (χ0v) is 2.92. The number of hydrogen-bond donors (Lipinski definition) is 0. The Bertz CT molecular complexity index is 91.5. The van der Waals surface area contributed by atoms with Crippen LogP contribution in [0.4, 0.5) is 0 Å². The monoisotopic (exact) mass is 84.0 g/mol. The highest BCUT2D eigenvalue weighted by Crippen LogP contribution is 1.67. The molecule has 6 heavy (non-hydrogen) atoms. The van der Waals surface area contributed by atoms with Gasteiger partial charge < -0.3 is 0 Å². The predicted octanol–water partition coefficient (Wildman–Crippen LogP) is 0.0581. The molecule has 0 aliphatic heterocycles. The maximum atomic E-state index is 9.21. The molecule has 0 aromatic carbocycles. The first-order chi connectivity index (χ1) is 2.77. The van der Waals surface area contributed by atoms with Crippen LogP contribution < -0.4 is 0 Å². The van der Waals surface area contributed by atoms with Crippen LogP contribution in [0.3, 0.4) is 0 Å². The zero-order valence-electron chi connectivity index (χ0n) is 2.92. The van der Waals surface area contributed by atoms with Gasteiger partial charge in [-0.1, -0.05) is 0 Å². The summed E-state index contributed by atoms with van der Waals surface area (Å²) in [6, 6.07) is 0. The van der Waals surface area contributed by atoms with Gasteiger partial charge in [0.25, 0.3) is 0 Å². The topological polar surface area (TPSA) is 43.1 Å². The van der Waals surface area contributed by atoms with Gasteiger partial charge in [-0.3, -0.25) is 10.1 Å². The van der Waals surface area contributed by atoms with Gasteiger partial charge in [0.05, 0.1) is 0 Å². The molecule has 0 fully saturated rings. The van der Waals surface area contributed by atoms with Crippen LogP contribution in [0.15, 0.2) is 0 Å². The van der Waals surface area contributed by atoms with E-state index in [0.29, 0.717) is 6.54 Å². The highest BCUT2D eigenvalue weighted by Gasteiger charge is 1.85. The first-order valence-corrected chi connectivity index (χ1v) is 1.20. The minimum Gasteiger partial charge on any atom is -0.263 e. The average molecular weight is 84.1 g/mol. The minimum atomic E-state index is -0.681. The van der Waals surface area contributed by atoms with Crippen LogP contribution in [0.1, 0.15) is 0 Å². The highest BCUT2D eigenvalue weighted by atomic mass is 16.6. The summed E-state index contributed by atoms with van der Waals surface area (Å²) in [6.07, 6.45) is 4.48. The van der Waals surface area contributed by atoms with E-state index in [1.165, 1.54) is 0 Å². The summed E-state index contributed by atoms with van der Waals surface area (Å²) in [5.74, 6) is 1.74. The Morgan fingerprint density at radius 2 is 2.50 bits per heavy atom. The Hall–Kier alpha value is -1.04. The van der Waals surface area contributed by atoms with E-state index in [0.717, 1.165) is 0 Å². The molecule has 0 saturated heterocycles. The summed E-state index contributed by atoms with van der Waals surface area (Å²) in [4.78, 5) is 8.53. The smallest absolute Gasteiger partial charge is 0.263 e. The third-order valence-corrected chi connectivity index (χ3v) is 0.180. The van der Waals surface area contributed by atoms with Gasteiger partial charge in [-0.05, 0) is 5.92 Å². The Kier molecular flexibility index (Phi) is 1.83. The van der Waals surface area contributed by atoms with E-state index in [9.17, 15) is 10.1 Å². The Morgan fingerprint density at radius 3 is 2.50 bits per heavy atom. The number of rotatable bonds is 1. The third kappa shape index (κ3) is 2.96. The van der Waals surface area contributed by atoms with Crippen molar-refractivity contribution in [2.75, 3.05) is 0 Å². The lowest BCUT2D eigenvalue weighted by Crippen LogP contribution is -1.87. The molecule has 0 aliphatic rings. The van der Waals surface area contributed by atoms with Crippen molar-refractivity contribution in [1.82, 2.24) is 0 Å². The second-order valence-corrected chi connectivity index (χ2v) is 0.581. The molecule has 0 aromatic rings. The fourth-order valence-corrected chi connectivity index (χ4v) is 0.0609. The molecule has 0 N–H and O–H groups in total. The van der Waals surface area contributed by atoms with Crippen LogP contribution in [0.2, 0.25) is 0 Å². The SMILES string of the molecule is C#C[CH][N+](=O)[O-]. The molecule has 0 aliphatic carbocycles. The second kappa shape index (κ2) is 2.21. The Labute approximate surface area is 35.1 Å². The van der Waals surface area contributed by atoms with Gasteiger partial charge >= 0.3 is 6.54 Å². The molecular formula is C3H2NO2. The van der Waals surface area contributed by atoms with Crippen LogP contribution in [0, 0.1) is 29.0 Å². The van der Waals surface area contributed by atoms with Crippen molar-refractivity contribution in [2.24, 2.45) is 0 Å². The summed E-state index contributed by atoms with van der Waals surface area (Å²) in [7, 11) is 0. The molecule has 0 unspecified atom stereocenters. The van der Waals surface area contributed by atoms with E-state index in [2.05, 4.69) is 6.42 Å². The largest absolute Gasteiger partial charge is 0.349 e. The zero-order chi connectivity index (χ0) is 4.99. The molecule has 0 rings (SSSR count). The molecule has 0 spiro atoms. The minimum absolute atomic E-state index is 0.542. The fourth-order valence-electron chi connectivity index (χ4n) is 0.0609. The van der Waals surface area contributed by atoms with Gasteiger partial charge in [0.1, 0.15) is 0 Å². The molecule has 0 amide bonds. The van der Waals surface area contributed by atoms with E-state index in [1.54, 1.807) is 5.92 Å². The Morgan fingerprint density at radius 1 is 2.00 bits per heavy atom. The standard InChI is InChI=1S/C3H2NO2/c1-2-3-4(5)6/h1,3H. The molecule has 0 saturated carbocycles. The van der Waals surface area contributed by atoms with E-state index in [4.69, 9.17) is 0 Å². The van der Waals surface area contributed by atoms with Crippen molar-refractivity contribution in [3.8, 4) is 12.3 Å². The van der Waals surface area contributed by atoms with E-state index in [-0.39, 0.29) is 0 Å². The summed E-state index contributed by atoms with van der Waals surface area (Å²) >= 11 is 0. The van der Waals surface area contributed by atoms with E-state index < -0.39 is 4.92 Å². The van der Waals surface area contributed by atoms with Gasteiger partial charge in [-0.25, -0.2) is 0 Å². The van der Waals surface area contributed by atoms with E-state index >= 15 is 0 Å². The van der Waals surface area contributed by atoms with Gasteiger partial charge in [0.15, 0.2) is 0 Å². The number of nitro groups is 1. The lowest BCUT2D eigenvalue weighted by molar-refractivity contribution is -0.426. The van der Waals surface area contributed by atoms with Gasteiger partial charge in [0, 0.05) is 4.92 Å². The average Bonchev–Trinajstić information content (AvgIpc) is 1.35. The molecule has 0 bridgehead atoms. The predicted molar refractivity (Wildman–Crippen MR) is 20.1 cm³/mol. The molecule has 0 atom stereocenters. The third-order valence-electron chi connectivity index (χ3n) is 0.180. The molecule has 3 heteroatoms. The molecular weight excluding hydrogens is 82.0 g/mol. The maximum Gasteiger partial charge on any atom is 0.349 e. The fraction of sp³-hybridized carbons (Fsp3) is 0. The van der Waals surface area contributed by atoms with Crippen LogP contribution >= 0.6 is 0 Å². The van der Waals surface area contributed by atoms with Crippen LogP contribution in [0.25, 0.3) is 0 Å². The van der Waals surface area contributed by atoms with Gasteiger partial charge in [0.2, 0.25) is 0 Å². The van der Waals surface area contributed by atoms with Gasteiger partial charge in [-0.15, -0.1) is 6.42 Å². The molecule has 0 heterocycles. The Balaban J connectivity index is 3.13. The summed E-state index contributed by atoms with van der Waals surface area (Å²) in [5, 5.41) is 9.21. The normalized spacial score (nSPS) is 6.50. The number of hydrogen-bond acceptors (Lipinski definition) is 2. The molecule has 3 nitrogen and oxygen atoms in total. The summed E-state index contributed by atoms with van der Waals surface area (Å²) in [5.41, 5.74) is 0. The lowest BCUT2D eigenvalue weighted by atomic mass is 10.7. The molecule has 1 radical (unpaired) electrons. The van der Waals surface area contributed by atoms with Gasteiger partial charge in [-0.2, -0.15) is 0 Å². The highest BCUT2D eigenvalue weighted by molar-refractivity contribution is 4.92. The molecule has 31 valence electrons. The summed E-state index contributed by atoms with van der Waals surface area (Å²) < 4.78 is 0. The quantitative estimate of drug-likeness (QED) is 0.256. The van der Waals surface area contributed by atoms with Crippen molar-refractivity contribution in [2.45, 2.75) is 0 Å². The van der Waals surface area contributed by atoms with E-state index in [1.807, 2.05) is 0 Å². The molecule has 0 aromatic heterocycles. The van der Waals surface area contributed by atoms with Crippen molar-refractivity contribution >= 4 is 0 Å². The van der Waals surface area contributed by atoms with Crippen LogP contribution in [-0.4, -0.2) is 4.92 Å². The second-order valence-electron chi connectivity index (χ2n) is 0.581. The lowest BCUT2D eigenvalue weighted by Gasteiger charge is -1.71. The van der Waals surface area contributed by atoms with Crippen LogP contribution in [-0.2, 0) is 0 Å². The first kappa shape index (κ1) is 4.96.